The number of carbonyl (C=O) groups excluding carboxylic acids is 1. The standard InChI is InChI=1S/C17H12FNO4/c18-12-6-2-1-5-11(12)9-15-17(22)19(10-16(20)21)13-7-3-4-8-14(13)23-15/h1-9H,10H2,(H,20,21). The molecule has 0 spiro atoms. The van der Waals surface area contributed by atoms with Crippen molar-refractivity contribution >= 4 is 23.6 Å². The highest BCUT2D eigenvalue weighted by Crippen LogP contribution is 2.35. The molecule has 6 heteroatoms. The predicted molar refractivity (Wildman–Crippen MR) is 81.4 cm³/mol. The van der Waals surface area contributed by atoms with E-state index in [1.165, 1.54) is 24.3 Å². The molecule has 2 aromatic rings. The van der Waals surface area contributed by atoms with Crippen LogP contribution in [0.1, 0.15) is 5.56 Å². The lowest BCUT2D eigenvalue weighted by Gasteiger charge is -2.29. The van der Waals surface area contributed by atoms with Gasteiger partial charge in [-0.2, -0.15) is 0 Å². The van der Waals surface area contributed by atoms with Crippen molar-refractivity contribution in [3.8, 4) is 5.75 Å². The molecule has 0 fully saturated rings. The molecule has 1 heterocycles. The Morgan fingerprint density at radius 1 is 1.17 bits per heavy atom. The van der Waals surface area contributed by atoms with Crippen molar-refractivity contribution in [1.29, 1.82) is 0 Å². The van der Waals surface area contributed by atoms with Gasteiger partial charge in [-0.1, -0.05) is 30.3 Å². The van der Waals surface area contributed by atoms with Crippen LogP contribution in [0.2, 0.25) is 0 Å². The number of hydrogen-bond donors (Lipinski definition) is 1. The summed E-state index contributed by atoms with van der Waals surface area (Å²) in [6.07, 6.45) is 1.27. The lowest BCUT2D eigenvalue weighted by Crippen LogP contribution is -2.40. The number of hydrogen-bond acceptors (Lipinski definition) is 3. The lowest BCUT2D eigenvalue weighted by molar-refractivity contribution is -0.136. The summed E-state index contributed by atoms with van der Waals surface area (Å²) in [6.45, 7) is -0.506. The van der Waals surface area contributed by atoms with E-state index in [1.54, 1.807) is 30.3 Å². The molecular weight excluding hydrogens is 301 g/mol. The zero-order valence-electron chi connectivity index (χ0n) is 11.9. The van der Waals surface area contributed by atoms with Crippen LogP contribution in [-0.2, 0) is 9.59 Å². The van der Waals surface area contributed by atoms with Crippen molar-refractivity contribution in [2.45, 2.75) is 0 Å². The Kier molecular flexibility index (Phi) is 3.80. The van der Waals surface area contributed by atoms with Gasteiger partial charge in [0.15, 0.2) is 11.5 Å². The van der Waals surface area contributed by atoms with Crippen molar-refractivity contribution in [3.63, 3.8) is 0 Å². The minimum Gasteiger partial charge on any atom is -0.480 e. The smallest absolute Gasteiger partial charge is 0.323 e. The Balaban J connectivity index is 2.06. The second-order valence-electron chi connectivity index (χ2n) is 4.88. The van der Waals surface area contributed by atoms with Gasteiger partial charge in [-0.25, -0.2) is 4.39 Å². The first-order valence-electron chi connectivity index (χ1n) is 6.83. The SMILES string of the molecule is O=C(O)CN1C(=O)C(=Cc2ccccc2F)Oc2ccccc21. The molecule has 0 bridgehead atoms. The highest BCUT2D eigenvalue weighted by Gasteiger charge is 2.31. The first kappa shape index (κ1) is 14.8. The number of carbonyl (C=O) groups is 2. The summed E-state index contributed by atoms with van der Waals surface area (Å²) in [6, 6.07) is 12.5. The quantitative estimate of drug-likeness (QED) is 0.885. The Labute approximate surface area is 131 Å². The number of ether oxygens (including phenoxy) is 1. The molecule has 0 aliphatic carbocycles. The number of para-hydroxylation sites is 2. The van der Waals surface area contributed by atoms with E-state index in [-0.39, 0.29) is 11.3 Å². The van der Waals surface area contributed by atoms with Crippen LogP contribution in [-0.4, -0.2) is 23.5 Å². The first-order valence-corrected chi connectivity index (χ1v) is 6.83. The maximum atomic E-state index is 13.8. The van der Waals surface area contributed by atoms with Gasteiger partial charge in [0.25, 0.3) is 5.91 Å². The predicted octanol–water partition coefficient (Wildman–Crippen LogP) is 2.68. The highest BCUT2D eigenvalue weighted by molar-refractivity contribution is 6.11. The maximum absolute atomic E-state index is 13.8. The van der Waals surface area contributed by atoms with Crippen LogP contribution in [0, 0.1) is 5.82 Å². The fourth-order valence-electron chi connectivity index (χ4n) is 2.29. The zero-order valence-corrected chi connectivity index (χ0v) is 11.9. The summed E-state index contributed by atoms with van der Waals surface area (Å²) < 4.78 is 19.3. The van der Waals surface area contributed by atoms with E-state index in [2.05, 4.69) is 0 Å². The largest absolute Gasteiger partial charge is 0.480 e. The van der Waals surface area contributed by atoms with E-state index in [0.717, 1.165) is 4.90 Å². The number of nitrogens with zero attached hydrogens (tertiary/aromatic N) is 1. The van der Waals surface area contributed by atoms with Gasteiger partial charge in [0.2, 0.25) is 0 Å². The number of aliphatic carboxylic acids is 1. The summed E-state index contributed by atoms with van der Waals surface area (Å²) >= 11 is 0. The monoisotopic (exact) mass is 313 g/mol. The van der Waals surface area contributed by atoms with Crippen LogP contribution in [0.15, 0.2) is 54.3 Å². The number of fused-ring (bicyclic) bond motifs is 1. The molecule has 23 heavy (non-hydrogen) atoms. The van der Waals surface area contributed by atoms with Gasteiger partial charge in [-0.05, 0) is 24.3 Å². The van der Waals surface area contributed by atoms with Crippen LogP contribution in [0.5, 0.6) is 5.75 Å². The van der Waals surface area contributed by atoms with Crippen LogP contribution < -0.4 is 9.64 Å². The van der Waals surface area contributed by atoms with Gasteiger partial charge in [0.1, 0.15) is 12.4 Å². The number of amides is 1. The van der Waals surface area contributed by atoms with E-state index in [1.807, 2.05) is 0 Å². The fourth-order valence-corrected chi connectivity index (χ4v) is 2.29. The van der Waals surface area contributed by atoms with Crippen molar-refractivity contribution < 1.29 is 23.8 Å². The van der Waals surface area contributed by atoms with Gasteiger partial charge >= 0.3 is 5.97 Å². The molecule has 0 saturated carbocycles. The molecular formula is C17H12FNO4. The molecule has 0 aromatic heterocycles. The normalized spacial score (nSPS) is 15.3. The first-order chi connectivity index (χ1) is 11.1. The van der Waals surface area contributed by atoms with Crippen molar-refractivity contribution in [2.24, 2.45) is 0 Å². The third-order valence-electron chi connectivity index (χ3n) is 3.32. The summed E-state index contributed by atoms with van der Waals surface area (Å²) in [5.41, 5.74) is 0.552. The topological polar surface area (TPSA) is 66.8 Å². The number of carboxylic acids is 1. The number of carboxylic acid groups (broad SMARTS) is 1. The molecule has 1 aliphatic heterocycles. The third kappa shape index (κ3) is 2.91. The molecule has 0 unspecified atom stereocenters. The lowest BCUT2D eigenvalue weighted by atomic mass is 10.1. The molecule has 1 amide bonds. The minimum atomic E-state index is -1.15. The average molecular weight is 313 g/mol. The second kappa shape index (κ2) is 5.92. The summed E-state index contributed by atoms with van der Waals surface area (Å²) in [4.78, 5) is 24.6. The minimum absolute atomic E-state index is 0.130. The van der Waals surface area contributed by atoms with Crippen LogP contribution in [0.25, 0.3) is 6.08 Å². The Morgan fingerprint density at radius 3 is 2.61 bits per heavy atom. The van der Waals surface area contributed by atoms with Crippen LogP contribution >= 0.6 is 0 Å². The van der Waals surface area contributed by atoms with E-state index in [9.17, 15) is 14.0 Å². The molecule has 0 saturated heterocycles. The summed E-state index contributed by atoms with van der Waals surface area (Å²) in [7, 11) is 0. The number of rotatable bonds is 3. The molecule has 0 atom stereocenters. The maximum Gasteiger partial charge on any atom is 0.323 e. The Hall–Kier alpha value is -3.15. The van der Waals surface area contributed by atoms with Gasteiger partial charge in [0, 0.05) is 5.56 Å². The number of anilines is 1. The molecule has 2 aromatic carbocycles. The van der Waals surface area contributed by atoms with Gasteiger partial charge < -0.3 is 9.84 Å². The van der Waals surface area contributed by atoms with Crippen molar-refractivity contribution in [2.75, 3.05) is 11.4 Å². The van der Waals surface area contributed by atoms with E-state index >= 15 is 0 Å². The third-order valence-corrected chi connectivity index (χ3v) is 3.32. The van der Waals surface area contributed by atoms with Crippen LogP contribution in [0.4, 0.5) is 10.1 Å². The Bertz CT molecular complexity index is 816. The van der Waals surface area contributed by atoms with Gasteiger partial charge in [-0.15, -0.1) is 0 Å². The molecule has 116 valence electrons. The molecule has 1 aliphatic rings. The molecule has 5 nitrogen and oxygen atoms in total. The van der Waals surface area contributed by atoms with Crippen molar-refractivity contribution in [3.05, 3.63) is 65.7 Å². The number of halogens is 1. The molecule has 3 rings (SSSR count). The van der Waals surface area contributed by atoms with E-state index in [4.69, 9.17) is 9.84 Å². The molecule has 1 N–H and O–H groups in total. The fraction of sp³-hybridized carbons (Fsp3) is 0.0588. The van der Waals surface area contributed by atoms with Gasteiger partial charge in [0.05, 0.1) is 5.69 Å². The van der Waals surface area contributed by atoms with Gasteiger partial charge in [-0.3, -0.25) is 14.5 Å². The highest BCUT2D eigenvalue weighted by atomic mass is 19.1. The number of benzene rings is 2. The Morgan fingerprint density at radius 2 is 1.87 bits per heavy atom. The summed E-state index contributed by atoms with van der Waals surface area (Å²) in [5.74, 6) is -2.07. The summed E-state index contributed by atoms with van der Waals surface area (Å²) in [5, 5.41) is 9.02. The van der Waals surface area contributed by atoms with Crippen molar-refractivity contribution in [1.82, 2.24) is 0 Å². The average Bonchev–Trinajstić information content (AvgIpc) is 2.53. The zero-order chi connectivity index (χ0) is 16.4. The second-order valence-corrected chi connectivity index (χ2v) is 4.88. The van der Waals surface area contributed by atoms with E-state index in [0.29, 0.717) is 11.4 Å². The van der Waals surface area contributed by atoms with Crippen LogP contribution in [0.3, 0.4) is 0 Å². The molecule has 0 radical (unpaired) electrons. The van der Waals surface area contributed by atoms with E-state index < -0.39 is 24.2 Å².